The standard InChI is InChI=1S/C9H8BrN3O/c1-14-5-2-3-6-7(4-5)12-9(11)13-8(6)10/h2-4H,1H3,(H2,11,12,13). The molecule has 2 aromatic rings. The van der Waals surface area contributed by atoms with Gasteiger partial charge in [-0.2, -0.15) is 0 Å². The number of halogens is 1. The third kappa shape index (κ3) is 1.50. The summed E-state index contributed by atoms with van der Waals surface area (Å²) in [6.45, 7) is 0. The van der Waals surface area contributed by atoms with Gasteiger partial charge in [0.05, 0.1) is 12.6 Å². The minimum absolute atomic E-state index is 0.248. The lowest BCUT2D eigenvalue weighted by molar-refractivity contribution is 0.415. The van der Waals surface area contributed by atoms with Crippen molar-refractivity contribution in [2.45, 2.75) is 0 Å². The van der Waals surface area contributed by atoms with E-state index in [-0.39, 0.29) is 5.95 Å². The van der Waals surface area contributed by atoms with E-state index in [9.17, 15) is 0 Å². The number of aromatic nitrogens is 2. The number of benzene rings is 1. The molecule has 0 saturated carbocycles. The molecule has 4 nitrogen and oxygen atoms in total. The fourth-order valence-electron chi connectivity index (χ4n) is 1.21. The Bertz CT molecular complexity index is 487. The first-order valence-electron chi connectivity index (χ1n) is 3.97. The summed E-state index contributed by atoms with van der Waals surface area (Å²) in [5, 5.41) is 0.917. The molecule has 0 radical (unpaired) electrons. The molecule has 0 aliphatic carbocycles. The number of nitrogens with zero attached hydrogens (tertiary/aromatic N) is 2. The lowest BCUT2D eigenvalue weighted by atomic mass is 10.2. The fourth-order valence-corrected chi connectivity index (χ4v) is 1.73. The van der Waals surface area contributed by atoms with Crippen LogP contribution in [0.4, 0.5) is 5.95 Å². The first-order chi connectivity index (χ1) is 6.70. The van der Waals surface area contributed by atoms with Crippen molar-refractivity contribution >= 4 is 32.8 Å². The number of fused-ring (bicyclic) bond motifs is 1. The monoisotopic (exact) mass is 253 g/mol. The van der Waals surface area contributed by atoms with Crippen LogP contribution in [0.25, 0.3) is 10.9 Å². The molecule has 0 unspecified atom stereocenters. The summed E-state index contributed by atoms with van der Waals surface area (Å²) in [5.41, 5.74) is 6.29. The zero-order valence-corrected chi connectivity index (χ0v) is 9.08. The predicted octanol–water partition coefficient (Wildman–Crippen LogP) is 1.98. The Labute approximate surface area is 89.2 Å². The number of rotatable bonds is 1. The second-order valence-corrected chi connectivity index (χ2v) is 3.51. The maximum atomic E-state index is 5.52. The van der Waals surface area contributed by atoms with Gasteiger partial charge in [-0.3, -0.25) is 0 Å². The van der Waals surface area contributed by atoms with Crippen molar-refractivity contribution in [3.8, 4) is 5.75 Å². The highest BCUT2D eigenvalue weighted by Gasteiger charge is 2.04. The molecule has 0 saturated heterocycles. The second kappa shape index (κ2) is 3.42. The van der Waals surface area contributed by atoms with Gasteiger partial charge in [-0.1, -0.05) is 0 Å². The minimum atomic E-state index is 0.248. The average molecular weight is 254 g/mol. The van der Waals surface area contributed by atoms with Crippen LogP contribution in [-0.2, 0) is 0 Å². The molecule has 2 N–H and O–H groups in total. The SMILES string of the molecule is COc1ccc2c(Br)nc(N)nc2c1. The number of methoxy groups -OCH3 is 1. The zero-order valence-electron chi connectivity index (χ0n) is 7.49. The van der Waals surface area contributed by atoms with Crippen molar-refractivity contribution in [1.29, 1.82) is 0 Å². The van der Waals surface area contributed by atoms with E-state index in [4.69, 9.17) is 10.5 Å². The van der Waals surface area contributed by atoms with Gasteiger partial charge in [-0.05, 0) is 28.1 Å². The molecular weight excluding hydrogens is 246 g/mol. The number of hydrogen-bond donors (Lipinski definition) is 1. The summed E-state index contributed by atoms with van der Waals surface area (Å²) in [4.78, 5) is 8.10. The number of nitrogens with two attached hydrogens (primary N) is 1. The Morgan fingerprint density at radius 1 is 1.36 bits per heavy atom. The van der Waals surface area contributed by atoms with Crippen molar-refractivity contribution in [2.24, 2.45) is 0 Å². The topological polar surface area (TPSA) is 61.0 Å². The second-order valence-electron chi connectivity index (χ2n) is 2.76. The quantitative estimate of drug-likeness (QED) is 0.790. The zero-order chi connectivity index (χ0) is 10.1. The highest BCUT2D eigenvalue weighted by molar-refractivity contribution is 9.10. The van der Waals surface area contributed by atoms with Crippen LogP contribution >= 0.6 is 15.9 Å². The molecule has 0 aliphatic heterocycles. The van der Waals surface area contributed by atoms with Gasteiger partial charge in [0.15, 0.2) is 0 Å². The predicted molar refractivity (Wildman–Crippen MR) is 58.2 cm³/mol. The minimum Gasteiger partial charge on any atom is -0.497 e. The Hall–Kier alpha value is -1.36. The number of hydrogen-bond acceptors (Lipinski definition) is 4. The van der Waals surface area contributed by atoms with E-state index in [1.165, 1.54) is 0 Å². The van der Waals surface area contributed by atoms with Gasteiger partial charge < -0.3 is 10.5 Å². The van der Waals surface area contributed by atoms with Gasteiger partial charge in [-0.15, -0.1) is 0 Å². The average Bonchev–Trinajstić information content (AvgIpc) is 2.16. The fraction of sp³-hybridized carbons (Fsp3) is 0.111. The van der Waals surface area contributed by atoms with E-state index in [1.807, 2.05) is 18.2 Å². The normalized spacial score (nSPS) is 10.4. The van der Waals surface area contributed by atoms with Crippen molar-refractivity contribution in [3.63, 3.8) is 0 Å². The molecule has 1 aromatic heterocycles. The van der Waals surface area contributed by atoms with Crippen LogP contribution in [0.1, 0.15) is 0 Å². The maximum Gasteiger partial charge on any atom is 0.221 e. The van der Waals surface area contributed by atoms with Crippen molar-refractivity contribution in [1.82, 2.24) is 9.97 Å². The molecular formula is C9H8BrN3O. The van der Waals surface area contributed by atoms with Gasteiger partial charge in [0, 0.05) is 11.5 Å². The van der Waals surface area contributed by atoms with Gasteiger partial charge in [0.25, 0.3) is 0 Å². The van der Waals surface area contributed by atoms with Crippen LogP contribution in [0.2, 0.25) is 0 Å². The third-order valence-electron chi connectivity index (χ3n) is 1.87. The van der Waals surface area contributed by atoms with Crippen molar-refractivity contribution in [3.05, 3.63) is 22.8 Å². The smallest absolute Gasteiger partial charge is 0.221 e. The van der Waals surface area contributed by atoms with E-state index in [0.717, 1.165) is 16.7 Å². The molecule has 0 spiro atoms. The van der Waals surface area contributed by atoms with Crippen LogP contribution in [0.15, 0.2) is 22.8 Å². The number of nitrogen functional groups attached to an aromatic ring is 1. The van der Waals surface area contributed by atoms with E-state index in [2.05, 4.69) is 25.9 Å². The van der Waals surface area contributed by atoms with E-state index in [1.54, 1.807) is 7.11 Å². The lowest BCUT2D eigenvalue weighted by Gasteiger charge is -2.03. The highest BCUT2D eigenvalue weighted by atomic mass is 79.9. The van der Waals surface area contributed by atoms with E-state index in [0.29, 0.717) is 4.60 Å². The summed E-state index contributed by atoms with van der Waals surface area (Å²) in [6.07, 6.45) is 0. The van der Waals surface area contributed by atoms with Gasteiger partial charge in [0.2, 0.25) is 5.95 Å². The van der Waals surface area contributed by atoms with Gasteiger partial charge >= 0.3 is 0 Å². The first kappa shape index (κ1) is 9.21. The Morgan fingerprint density at radius 3 is 2.86 bits per heavy atom. The molecule has 1 aromatic carbocycles. The van der Waals surface area contributed by atoms with Gasteiger partial charge in [0.1, 0.15) is 10.4 Å². The summed E-state index contributed by atoms with van der Waals surface area (Å²) in [6, 6.07) is 5.56. The Kier molecular flexibility index (Phi) is 2.25. The third-order valence-corrected chi connectivity index (χ3v) is 2.48. The Morgan fingerprint density at radius 2 is 2.14 bits per heavy atom. The van der Waals surface area contributed by atoms with Crippen LogP contribution < -0.4 is 10.5 Å². The van der Waals surface area contributed by atoms with E-state index < -0.39 is 0 Å². The summed E-state index contributed by atoms with van der Waals surface area (Å²) in [7, 11) is 1.61. The molecule has 0 bridgehead atoms. The largest absolute Gasteiger partial charge is 0.497 e. The maximum absolute atomic E-state index is 5.52. The molecule has 0 aliphatic rings. The highest BCUT2D eigenvalue weighted by Crippen LogP contribution is 2.24. The molecule has 0 fully saturated rings. The van der Waals surface area contributed by atoms with E-state index >= 15 is 0 Å². The van der Waals surface area contributed by atoms with Crippen LogP contribution in [0.5, 0.6) is 5.75 Å². The lowest BCUT2D eigenvalue weighted by Crippen LogP contribution is -1.96. The van der Waals surface area contributed by atoms with Crippen LogP contribution in [0, 0.1) is 0 Å². The molecule has 2 rings (SSSR count). The van der Waals surface area contributed by atoms with Gasteiger partial charge in [-0.25, -0.2) is 9.97 Å². The number of ether oxygens (including phenoxy) is 1. The molecule has 0 amide bonds. The summed E-state index contributed by atoms with van der Waals surface area (Å²) in [5.74, 6) is 1.00. The molecule has 72 valence electrons. The number of anilines is 1. The summed E-state index contributed by atoms with van der Waals surface area (Å²) < 4.78 is 5.78. The van der Waals surface area contributed by atoms with Crippen molar-refractivity contribution in [2.75, 3.05) is 12.8 Å². The molecule has 14 heavy (non-hydrogen) atoms. The van der Waals surface area contributed by atoms with Crippen molar-refractivity contribution < 1.29 is 4.74 Å². The molecule has 0 atom stereocenters. The first-order valence-corrected chi connectivity index (χ1v) is 4.77. The Balaban J connectivity index is 2.75. The van der Waals surface area contributed by atoms with Crippen LogP contribution in [-0.4, -0.2) is 17.1 Å². The summed E-state index contributed by atoms with van der Waals surface area (Å²) >= 11 is 3.32. The molecule has 5 heteroatoms. The molecule has 1 heterocycles. The van der Waals surface area contributed by atoms with Crippen LogP contribution in [0.3, 0.4) is 0 Å².